The lowest BCUT2D eigenvalue weighted by molar-refractivity contribution is -0.120. The van der Waals surface area contributed by atoms with Crippen LogP contribution >= 0.6 is 0 Å². The molecule has 0 aliphatic carbocycles. The Morgan fingerprint density at radius 2 is 1.48 bits per heavy atom. The van der Waals surface area contributed by atoms with Gasteiger partial charge in [-0.2, -0.15) is 0 Å². The second kappa shape index (κ2) is 7.74. The summed E-state index contributed by atoms with van der Waals surface area (Å²) in [5, 5.41) is 0. The van der Waals surface area contributed by atoms with Crippen LogP contribution in [-0.4, -0.2) is 43.9 Å². The fraction of sp³-hybridized carbons (Fsp3) is 0.333. The first-order valence-electron chi connectivity index (χ1n) is 10.2. The topological polar surface area (TPSA) is 43.9 Å². The molecule has 0 unspecified atom stereocenters. The molecule has 0 N–H and O–H groups in total. The zero-order chi connectivity index (χ0) is 20.5. The Hall–Kier alpha value is -3.08. The van der Waals surface area contributed by atoms with Crippen molar-refractivity contribution in [3.05, 3.63) is 65.9 Å². The second-order valence-corrected chi connectivity index (χ2v) is 8.12. The number of carbonyl (C=O) groups excluding carboxylic acids is 2. The number of rotatable bonds is 4. The maximum absolute atomic E-state index is 13.5. The molecule has 5 nitrogen and oxygen atoms in total. The zero-order valence-corrected chi connectivity index (χ0v) is 17.3. The minimum atomic E-state index is -0.243. The van der Waals surface area contributed by atoms with E-state index in [2.05, 4.69) is 11.8 Å². The number of carbonyl (C=O) groups is 2. The Morgan fingerprint density at radius 3 is 2.07 bits per heavy atom. The minimum Gasteiger partial charge on any atom is -0.378 e. The van der Waals surface area contributed by atoms with Crippen molar-refractivity contribution in [3.8, 4) is 0 Å². The summed E-state index contributed by atoms with van der Waals surface area (Å²) in [5.41, 5.74) is 3.49. The number of anilines is 2. The SMILES string of the molecule is CC1CCN(C2=C(c3ccccc3)C(=O)N(c3ccc(N(C)C)cc3)C2=O)CC1. The van der Waals surface area contributed by atoms with E-state index in [1.54, 1.807) is 0 Å². The molecule has 2 aromatic rings. The zero-order valence-electron chi connectivity index (χ0n) is 17.3. The van der Waals surface area contributed by atoms with Gasteiger partial charge in [0.1, 0.15) is 5.70 Å². The van der Waals surface area contributed by atoms with Crippen LogP contribution in [0.2, 0.25) is 0 Å². The number of amides is 2. The number of nitrogens with zero attached hydrogens (tertiary/aromatic N) is 3. The van der Waals surface area contributed by atoms with Crippen molar-refractivity contribution in [2.45, 2.75) is 19.8 Å². The Morgan fingerprint density at radius 1 is 0.862 bits per heavy atom. The largest absolute Gasteiger partial charge is 0.378 e. The van der Waals surface area contributed by atoms with E-state index in [4.69, 9.17) is 0 Å². The van der Waals surface area contributed by atoms with Crippen LogP contribution in [0.1, 0.15) is 25.3 Å². The van der Waals surface area contributed by atoms with E-state index in [-0.39, 0.29) is 11.8 Å². The highest BCUT2D eigenvalue weighted by molar-refractivity contribution is 6.45. The average Bonchev–Trinajstić information content (AvgIpc) is 2.99. The molecule has 0 saturated carbocycles. The first-order chi connectivity index (χ1) is 14.0. The molecule has 0 bridgehead atoms. The van der Waals surface area contributed by atoms with E-state index < -0.39 is 0 Å². The molecule has 150 valence electrons. The van der Waals surface area contributed by atoms with Gasteiger partial charge in [-0.05, 0) is 48.6 Å². The van der Waals surface area contributed by atoms with Gasteiger partial charge in [0.2, 0.25) is 0 Å². The Balaban J connectivity index is 1.75. The van der Waals surface area contributed by atoms with Crippen LogP contribution in [0.15, 0.2) is 60.3 Å². The summed E-state index contributed by atoms with van der Waals surface area (Å²) < 4.78 is 0. The van der Waals surface area contributed by atoms with Gasteiger partial charge >= 0.3 is 0 Å². The summed E-state index contributed by atoms with van der Waals surface area (Å²) >= 11 is 0. The van der Waals surface area contributed by atoms with Gasteiger partial charge < -0.3 is 9.80 Å². The smallest absolute Gasteiger partial charge is 0.282 e. The van der Waals surface area contributed by atoms with Gasteiger partial charge in [0, 0.05) is 32.9 Å². The van der Waals surface area contributed by atoms with E-state index in [1.165, 1.54) is 4.90 Å². The van der Waals surface area contributed by atoms with Gasteiger partial charge in [-0.25, -0.2) is 4.90 Å². The minimum absolute atomic E-state index is 0.221. The highest BCUT2D eigenvalue weighted by Gasteiger charge is 2.42. The number of hydrogen-bond donors (Lipinski definition) is 0. The molecule has 5 heteroatoms. The first kappa shape index (κ1) is 19.2. The maximum atomic E-state index is 13.5. The normalized spacial score (nSPS) is 18.0. The summed E-state index contributed by atoms with van der Waals surface area (Å²) in [6.07, 6.45) is 2.06. The summed E-state index contributed by atoms with van der Waals surface area (Å²) in [6.45, 7) is 3.85. The first-order valence-corrected chi connectivity index (χ1v) is 10.2. The fourth-order valence-electron chi connectivity index (χ4n) is 4.04. The molecule has 4 rings (SSSR count). The molecule has 2 aliphatic rings. The van der Waals surface area contributed by atoms with E-state index in [1.807, 2.05) is 73.6 Å². The fourth-order valence-corrected chi connectivity index (χ4v) is 4.04. The van der Waals surface area contributed by atoms with E-state index in [0.717, 1.165) is 37.2 Å². The lowest BCUT2D eigenvalue weighted by Crippen LogP contribution is -2.38. The molecule has 2 aliphatic heterocycles. The monoisotopic (exact) mass is 389 g/mol. The summed E-state index contributed by atoms with van der Waals surface area (Å²) in [4.78, 5) is 32.4. The van der Waals surface area contributed by atoms with Crippen LogP contribution < -0.4 is 9.80 Å². The Kier molecular flexibility index (Phi) is 5.14. The van der Waals surface area contributed by atoms with Gasteiger partial charge in [-0.15, -0.1) is 0 Å². The number of benzene rings is 2. The molecule has 0 radical (unpaired) electrons. The molecular formula is C24H27N3O2. The van der Waals surface area contributed by atoms with Crippen LogP contribution in [0.3, 0.4) is 0 Å². The van der Waals surface area contributed by atoms with Gasteiger partial charge in [0.25, 0.3) is 11.8 Å². The molecule has 2 aromatic carbocycles. The molecule has 2 heterocycles. The van der Waals surface area contributed by atoms with Gasteiger partial charge in [-0.1, -0.05) is 37.3 Å². The van der Waals surface area contributed by atoms with E-state index in [9.17, 15) is 9.59 Å². The van der Waals surface area contributed by atoms with Crippen molar-refractivity contribution in [1.82, 2.24) is 4.90 Å². The molecule has 1 saturated heterocycles. The van der Waals surface area contributed by atoms with Gasteiger partial charge in [-0.3, -0.25) is 9.59 Å². The van der Waals surface area contributed by atoms with Crippen molar-refractivity contribution in [1.29, 1.82) is 0 Å². The molecule has 0 aromatic heterocycles. The third-order valence-corrected chi connectivity index (χ3v) is 5.85. The molecule has 0 atom stereocenters. The lowest BCUT2D eigenvalue weighted by atomic mass is 9.97. The number of piperidine rings is 1. The summed E-state index contributed by atoms with van der Waals surface area (Å²) in [6, 6.07) is 17.1. The van der Waals surface area contributed by atoms with Crippen molar-refractivity contribution in [3.63, 3.8) is 0 Å². The molecular weight excluding hydrogens is 362 g/mol. The molecule has 2 amide bonds. The molecule has 29 heavy (non-hydrogen) atoms. The van der Waals surface area contributed by atoms with Crippen molar-refractivity contribution >= 4 is 28.8 Å². The van der Waals surface area contributed by atoms with Crippen LogP contribution in [0.25, 0.3) is 5.57 Å². The lowest BCUT2D eigenvalue weighted by Gasteiger charge is -2.32. The average molecular weight is 389 g/mol. The molecule has 0 spiro atoms. The molecule has 1 fully saturated rings. The van der Waals surface area contributed by atoms with Crippen LogP contribution in [0.5, 0.6) is 0 Å². The standard InChI is InChI=1S/C24H27N3O2/c1-17-13-15-26(16-14-17)22-21(18-7-5-4-6-8-18)23(28)27(24(22)29)20-11-9-19(10-12-20)25(2)3/h4-12,17H,13-16H2,1-3H3. The van der Waals surface area contributed by atoms with Crippen molar-refractivity contribution in [2.75, 3.05) is 37.0 Å². The predicted octanol–water partition coefficient (Wildman–Crippen LogP) is 3.77. The third kappa shape index (κ3) is 3.53. The highest BCUT2D eigenvalue weighted by Crippen LogP contribution is 2.36. The van der Waals surface area contributed by atoms with Gasteiger partial charge in [0.15, 0.2) is 0 Å². The van der Waals surface area contributed by atoms with Crippen molar-refractivity contribution in [2.24, 2.45) is 5.92 Å². The Labute approximate surface area is 172 Å². The predicted molar refractivity (Wildman–Crippen MR) is 117 cm³/mol. The second-order valence-electron chi connectivity index (χ2n) is 8.12. The number of likely N-dealkylation sites (tertiary alicyclic amines) is 1. The Bertz CT molecular complexity index is 940. The van der Waals surface area contributed by atoms with E-state index >= 15 is 0 Å². The number of imide groups is 1. The number of hydrogen-bond acceptors (Lipinski definition) is 4. The maximum Gasteiger partial charge on any atom is 0.282 e. The highest BCUT2D eigenvalue weighted by atomic mass is 16.2. The third-order valence-electron chi connectivity index (χ3n) is 5.85. The van der Waals surface area contributed by atoms with Crippen LogP contribution in [0.4, 0.5) is 11.4 Å². The van der Waals surface area contributed by atoms with Crippen molar-refractivity contribution < 1.29 is 9.59 Å². The van der Waals surface area contributed by atoms with Crippen LogP contribution in [-0.2, 0) is 9.59 Å². The quantitative estimate of drug-likeness (QED) is 0.747. The van der Waals surface area contributed by atoms with E-state index in [0.29, 0.717) is 22.9 Å². The summed E-state index contributed by atoms with van der Waals surface area (Å²) in [7, 11) is 3.93. The van der Waals surface area contributed by atoms with Gasteiger partial charge in [0.05, 0.1) is 11.3 Å². The van der Waals surface area contributed by atoms with Crippen LogP contribution in [0, 0.1) is 5.92 Å². The summed E-state index contributed by atoms with van der Waals surface area (Å²) in [5.74, 6) is 0.183.